The van der Waals surface area contributed by atoms with E-state index >= 15 is 0 Å². The van der Waals surface area contributed by atoms with Crippen LogP contribution < -0.4 is 5.32 Å². The Morgan fingerprint density at radius 1 is 1.42 bits per heavy atom. The summed E-state index contributed by atoms with van der Waals surface area (Å²) in [5, 5.41) is 11.7. The molecule has 0 saturated heterocycles. The molecule has 0 spiro atoms. The Hall–Kier alpha value is -0.120. The van der Waals surface area contributed by atoms with Crippen molar-refractivity contribution >= 4 is 0 Å². The second-order valence-corrected chi connectivity index (χ2v) is 2.90. The summed E-state index contributed by atoms with van der Waals surface area (Å²) >= 11 is 0. The van der Waals surface area contributed by atoms with Gasteiger partial charge in [0, 0.05) is 13.2 Å². The molecule has 0 fully saturated rings. The molecule has 3 heteroatoms. The van der Waals surface area contributed by atoms with Gasteiger partial charge in [0.05, 0.1) is 0 Å². The molecule has 0 saturated carbocycles. The van der Waals surface area contributed by atoms with Gasteiger partial charge >= 0.3 is 0 Å². The molecule has 0 aliphatic rings. The standard InChI is InChI=1S/C9H21NO2/c1-3-6-10-9(2)12-8-5-4-7-11/h9-11H,3-8H2,1-2H3. The SMILES string of the molecule is CCCNC(C)OCCCCO. The van der Waals surface area contributed by atoms with Gasteiger partial charge in [-0.15, -0.1) is 0 Å². The molecule has 2 N–H and O–H groups in total. The first-order valence-electron chi connectivity index (χ1n) is 4.77. The van der Waals surface area contributed by atoms with E-state index in [1.165, 1.54) is 0 Å². The normalized spacial score (nSPS) is 13.2. The van der Waals surface area contributed by atoms with Crippen molar-refractivity contribution in [2.24, 2.45) is 0 Å². The average molecular weight is 175 g/mol. The Bertz CT molecular complexity index is 88.6. The topological polar surface area (TPSA) is 41.5 Å². The fourth-order valence-electron chi connectivity index (χ4n) is 0.881. The minimum Gasteiger partial charge on any atom is -0.396 e. The second kappa shape index (κ2) is 8.97. The number of ether oxygens (including phenoxy) is 1. The summed E-state index contributed by atoms with van der Waals surface area (Å²) in [5.74, 6) is 0. The Balaban J connectivity index is 3.02. The number of rotatable bonds is 8. The van der Waals surface area contributed by atoms with Crippen LogP contribution in [0.2, 0.25) is 0 Å². The minimum absolute atomic E-state index is 0.142. The maximum atomic E-state index is 8.50. The zero-order valence-corrected chi connectivity index (χ0v) is 8.18. The quantitative estimate of drug-likeness (QED) is 0.429. The predicted molar refractivity (Wildman–Crippen MR) is 50.0 cm³/mol. The highest BCUT2D eigenvalue weighted by Gasteiger charge is 1.98. The van der Waals surface area contributed by atoms with Crippen LogP contribution in [0.4, 0.5) is 0 Å². The molecule has 3 nitrogen and oxygen atoms in total. The lowest BCUT2D eigenvalue weighted by atomic mass is 10.3. The molecular formula is C9H21NO2. The van der Waals surface area contributed by atoms with Gasteiger partial charge in [0.25, 0.3) is 0 Å². The lowest BCUT2D eigenvalue weighted by molar-refractivity contribution is 0.0389. The molecule has 0 aromatic carbocycles. The van der Waals surface area contributed by atoms with E-state index in [-0.39, 0.29) is 12.8 Å². The number of aliphatic hydroxyl groups excluding tert-OH is 1. The van der Waals surface area contributed by atoms with Crippen LogP contribution in [0.5, 0.6) is 0 Å². The molecule has 74 valence electrons. The Morgan fingerprint density at radius 3 is 2.75 bits per heavy atom. The van der Waals surface area contributed by atoms with Crippen molar-refractivity contribution in [2.75, 3.05) is 19.8 Å². The summed E-state index contributed by atoms with van der Waals surface area (Å²) < 4.78 is 5.42. The van der Waals surface area contributed by atoms with Gasteiger partial charge in [-0.2, -0.15) is 0 Å². The van der Waals surface area contributed by atoms with Crippen LogP contribution >= 0.6 is 0 Å². The summed E-state index contributed by atoms with van der Waals surface area (Å²) in [7, 11) is 0. The summed E-state index contributed by atoms with van der Waals surface area (Å²) in [5.41, 5.74) is 0. The summed E-state index contributed by atoms with van der Waals surface area (Å²) in [6, 6.07) is 0. The first kappa shape index (κ1) is 11.9. The fraction of sp³-hybridized carbons (Fsp3) is 1.00. The monoisotopic (exact) mass is 175 g/mol. The third-order valence-electron chi connectivity index (χ3n) is 1.60. The van der Waals surface area contributed by atoms with E-state index in [0.717, 1.165) is 32.4 Å². The molecule has 0 heterocycles. The molecule has 1 atom stereocenters. The van der Waals surface area contributed by atoms with Gasteiger partial charge in [-0.3, -0.25) is 5.32 Å². The Kier molecular flexibility index (Phi) is 8.88. The fourth-order valence-corrected chi connectivity index (χ4v) is 0.881. The van der Waals surface area contributed by atoms with Gasteiger partial charge in [-0.05, 0) is 32.7 Å². The van der Waals surface area contributed by atoms with E-state index in [4.69, 9.17) is 9.84 Å². The summed E-state index contributed by atoms with van der Waals surface area (Å²) in [4.78, 5) is 0. The molecule has 0 aromatic rings. The first-order valence-corrected chi connectivity index (χ1v) is 4.77. The highest BCUT2D eigenvalue weighted by Crippen LogP contribution is 1.92. The van der Waals surface area contributed by atoms with Crippen molar-refractivity contribution in [1.29, 1.82) is 0 Å². The molecule has 0 aliphatic carbocycles. The average Bonchev–Trinajstić information content (AvgIpc) is 2.09. The second-order valence-electron chi connectivity index (χ2n) is 2.90. The molecule has 1 unspecified atom stereocenters. The molecule has 0 rings (SSSR count). The number of hydrogen-bond acceptors (Lipinski definition) is 3. The minimum atomic E-state index is 0.142. The number of hydrogen-bond donors (Lipinski definition) is 2. The maximum absolute atomic E-state index is 8.50. The maximum Gasteiger partial charge on any atom is 0.105 e. The van der Waals surface area contributed by atoms with Crippen LogP contribution in [-0.4, -0.2) is 31.1 Å². The van der Waals surface area contributed by atoms with E-state index in [0.29, 0.717) is 0 Å². The van der Waals surface area contributed by atoms with Gasteiger partial charge in [0.1, 0.15) is 6.23 Å². The smallest absolute Gasteiger partial charge is 0.105 e. The van der Waals surface area contributed by atoms with Crippen LogP contribution in [0.1, 0.15) is 33.1 Å². The lowest BCUT2D eigenvalue weighted by Crippen LogP contribution is -2.29. The van der Waals surface area contributed by atoms with Crippen molar-refractivity contribution in [1.82, 2.24) is 5.32 Å². The summed E-state index contributed by atoms with van der Waals surface area (Å²) in [6.07, 6.45) is 3.04. The van der Waals surface area contributed by atoms with Gasteiger partial charge in [0.15, 0.2) is 0 Å². The predicted octanol–water partition coefficient (Wildman–Crippen LogP) is 1.12. The van der Waals surface area contributed by atoms with Crippen LogP contribution in [0.3, 0.4) is 0 Å². The van der Waals surface area contributed by atoms with Gasteiger partial charge in [0.2, 0.25) is 0 Å². The molecular weight excluding hydrogens is 154 g/mol. The molecule has 0 aromatic heterocycles. The lowest BCUT2D eigenvalue weighted by Gasteiger charge is -2.13. The highest BCUT2D eigenvalue weighted by molar-refractivity contribution is 4.47. The van der Waals surface area contributed by atoms with Crippen molar-refractivity contribution in [3.8, 4) is 0 Å². The van der Waals surface area contributed by atoms with E-state index < -0.39 is 0 Å². The third-order valence-corrected chi connectivity index (χ3v) is 1.60. The van der Waals surface area contributed by atoms with Crippen molar-refractivity contribution in [3.05, 3.63) is 0 Å². The van der Waals surface area contributed by atoms with E-state index in [2.05, 4.69) is 12.2 Å². The van der Waals surface area contributed by atoms with Crippen LogP contribution in [-0.2, 0) is 4.74 Å². The molecule has 0 radical (unpaired) electrons. The van der Waals surface area contributed by atoms with Crippen molar-refractivity contribution in [2.45, 2.75) is 39.3 Å². The van der Waals surface area contributed by atoms with Gasteiger partial charge < -0.3 is 9.84 Å². The largest absolute Gasteiger partial charge is 0.396 e. The van der Waals surface area contributed by atoms with Crippen LogP contribution in [0.15, 0.2) is 0 Å². The molecule has 0 aliphatic heterocycles. The first-order chi connectivity index (χ1) is 5.81. The van der Waals surface area contributed by atoms with Crippen molar-refractivity contribution < 1.29 is 9.84 Å². The van der Waals surface area contributed by atoms with E-state index in [1.54, 1.807) is 0 Å². The molecule has 0 bridgehead atoms. The van der Waals surface area contributed by atoms with Crippen LogP contribution in [0, 0.1) is 0 Å². The van der Waals surface area contributed by atoms with Gasteiger partial charge in [-0.25, -0.2) is 0 Å². The van der Waals surface area contributed by atoms with Crippen LogP contribution in [0.25, 0.3) is 0 Å². The Labute approximate surface area is 75.1 Å². The van der Waals surface area contributed by atoms with Gasteiger partial charge in [-0.1, -0.05) is 6.92 Å². The zero-order valence-electron chi connectivity index (χ0n) is 8.18. The number of aliphatic hydroxyl groups is 1. The third kappa shape index (κ3) is 7.98. The molecule has 12 heavy (non-hydrogen) atoms. The summed E-state index contributed by atoms with van der Waals surface area (Å²) in [6.45, 7) is 6.14. The van der Waals surface area contributed by atoms with E-state index in [9.17, 15) is 0 Å². The Morgan fingerprint density at radius 2 is 2.17 bits per heavy atom. The number of unbranched alkanes of at least 4 members (excludes halogenated alkanes) is 1. The zero-order chi connectivity index (χ0) is 9.23. The van der Waals surface area contributed by atoms with E-state index in [1.807, 2.05) is 6.92 Å². The highest BCUT2D eigenvalue weighted by atomic mass is 16.5. The number of nitrogens with one attached hydrogen (secondary N) is 1. The van der Waals surface area contributed by atoms with Crippen molar-refractivity contribution in [3.63, 3.8) is 0 Å². The molecule has 0 amide bonds.